The lowest BCUT2D eigenvalue weighted by molar-refractivity contribution is 0.212. The van der Waals surface area contributed by atoms with Crippen LogP contribution in [0.15, 0.2) is 29.7 Å². The molecule has 1 aliphatic heterocycles. The highest BCUT2D eigenvalue weighted by molar-refractivity contribution is 7.54. The van der Waals surface area contributed by atoms with E-state index in [-0.39, 0.29) is 24.7 Å². The Morgan fingerprint density at radius 1 is 1.35 bits per heavy atom. The number of ether oxygens (including phenoxy) is 2. The Hall–Kier alpha value is -2.00. The largest absolute Gasteiger partial charge is 0.493 e. The summed E-state index contributed by atoms with van der Waals surface area (Å²) in [6.07, 6.45) is 0. The lowest BCUT2D eigenvalue weighted by atomic mass is 10.0. The van der Waals surface area contributed by atoms with Gasteiger partial charge in [-0.05, 0) is 19.9 Å². The van der Waals surface area contributed by atoms with E-state index >= 15 is 0 Å². The molecule has 0 amide bonds. The van der Waals surface area contributed by atoms with Crippen LogP contribution in [0.5, 0.6) is 11.5 Å². The highest BCUT2D eigenvalue weighted by atomic mass is 31.2. The van der Waals surface area contributed by atoms with Crippen LogP contribution in [0.4, 0.5) is 0 Å². The molecule has 124 valence electrons. The molecule has 0 saturated heterocycles. The predicted octanol–water partition coefficient (Wildman–Crippen LogP) is 3.09. The van der Waals surface area contributed by atoms with E-state index in [1.54, 1.807) is 32.0 Å². The fourth-order valence-electron chi connectivity index (χ4n) is 2.46. The molecule has 7 nitrogen and oxygen atoms in total. The van der Waals surface area contributed by atoms with Gasteiger partial charge in [-0.1, -0.05) is 12.1 Å². The van der Waals surface area contributed by atoms with Gasteiger partial charge in [0.05, 0.1) is 20.3 Å². The summed E-state index contributed by atoms with van der Waals surface area (Å²) < 4.78 is 34.9. The van der Waals surface area contributed by atoms with E-state index in [4.69, 9.17) is 24.3 Å². The first-order valence-electron chi connectivity index (χ1n) is 7.15. The van der Waals surface area contributed by atoms with Crippen molar-refractivity contribution in [3.05, 3.63) is 35.2 Å². The summed E-state index contributed by atoms with van der Waals surface area (Å²) in [6.45, 7) is 3.76. The number of rotatable bonds is 6. The Bertz CT molecular complexity index is 700. The number of allylic oxidation sites excluding steroid dienone is 1. The highest BCUT2D eigenvalue weighted by Gasteiger charge is 2.46. The summed E-state index contributed by atoms with van der Waals surface area (Å²) in [5.41, 5.74) is 5.41. The van der Waals surface area contributed by atoms with Crippen molar-refractivity contribution in [2.45, 2.75) is 19.5 Å². The first-order chi connectivity index (χ1) is 11.0. The molecule has 0 bridgehead atoms. The van der Waals surface area contributed by atoms with Gasteiger partial charge in [0, 0.05) is 5.56 Å². The molecule has 0 radical (unpaired) electrons. The van der Waals surface area contributed by atoms with Crippen molar-refractivity contribution < 1.29 is 23.1 Å². The molecule has 1 aromatic carbocycles. The summed E-state index contributed by atoms with van der Waals surface area (Å²) in [7, 11) is -2.18. The molecule has 0 aromatic heterocycles. The third-order valence-corrected chi connectivity index (χ3v) is 5.73. The summed E-state index contributed by atoms with van der Waals surface area (Å²) in [5.74, 6) is 0.609. The molecule has 2 N–H and O–H groups in total. The van der Waals surface area contributed by atoms with Gasteiger partial charge in [-0.3, -0.25) is 4.57 Å². The van der Waals surface area contributed by atoms with Crippen LogP contribution in [0.3, 0.4) is 0 Å². The molecule has 1 atom stereocenters. The maximum absolute atomic E-state index is 13.3. The Morgan fingerprint density at radius 2 is 2.00 bits per heavy atom. The molecule has 0 fully saturated rings. The van der Waals surface area contributed by atoms with Crippen LogP contribution >= 0.6 is 7.60 Å². The van der Waals surface area contributed by atoms with Gasteiger partial charge < -0.3 is 24.3 Å². The summed E-state index contributed by atoms with van der Waals surface area (Å²) >= 11 is 0. The van der Waals surface area contributed by atoms with Gasteiger partial charge in [0.25, 0.3) is 0 Å². The topological polar surface area (TPSA) is 104 Å². The second kappa shape index (κ2) is 7.05. The number of nitriles is 1. The number of hydrogen-bond donors (Lipinski definition) is 1. The average molecular weight is 338 g/mol. The SMILES string of the molecule is CCOP(=O)(OCC)C1C(C#N)=C(N)Oc2c(OC)cccc21. The number of fused-ring (bicyclic) bond motifs is 1. The first kappa shape index (κ1) is 17.4. The molecule has 8 heteroatoms. The zero-order valence-corrected chi connectivity index (χ0v) is 14.1. The molecule has 23 heavy (non-hydrogen) atoms. The predicted molar refractivity (Wildman–Crippen MR) is 84.0 cm³/mol. The van der Waals surface area contributed by atoms with E-state index in [1.165, 1.54) is 7.11 Å². The van der Waals surface area contributed by atoms with Crippen molar-refractivity contribution in [3.8, 4) is 17.6 Å². The Labute approximate surface area is 135 Å². The second-order valence-corrected chi connectivity index (χ2v) is 6.76. The van der Waals surface area contributed by atoms with Crippen LogP contribution in [0, 0.1) is 11.3 Å². The van der Waals surface area contributed by atoms with Crippen molar-refractivity contribution in [1.29, 1.82) is 5.26 Å². The molecule has 1 unspecified atom stereocenters. The lowest BCUT2D eigenvalue weighted by Crippen LogP contribution is -2.22. The number of nitrogens with zero attached hydrogens (tertiary/aromatic N) is 1. The zero-order valence-electron chi connectivity index (χ0n) is 13.2. The van der Waals surface area contributed by atoms with Gasteiger partial charge in [0.1, 0.15) is 17.3 Å². The summed E-state index contributed by atoms with van der Waals surface area (Å²) in [4.78, 5) is 0. The van der Waals surface area contributed by atoms with E-state index in [1.807, 2.05) is 6.07 Å². The maximum atomic E-state index is 13.3. The van der Waals surface area contributed by atoms with Crippen LogP contribution in [-0.2, 0) is 13.6 Å². The second-order valence-electron chi connectivity index (χ2n) is 4.65. The highest BCUT2D eigenvalue weighted by Crippen LogP contribution is 2.66. The van der Waals surface area contributed by atoms with Crippen molar-refractivity contribution >= 4 is 7.60 Å². The average Bonchev–Trinajstić information content (AvgIpc) is 2.53. The van der Waals surface area contributed by atoms with Gasteiger partial charge >= 0.3 is 7.60 Å². The fourth-order valence-corrected chi connectivity index (χ4v) is 4.60. The van der Waals surface area contributed by atoms with Crippen LogP contribution in [0.1, 0.15) is 25.1 Å². The maximum Gasteiger partial charge on any atom is 0.343 e. The van der Waals surface area contributed by atoms with Crippen molar-refractivity contribution in [2.75, 3.05) is 20.3 Å². The standard InChI is InChI=1S/C15H19N2O5P/c1-4-20-23(18,21-5-2)14-10-7-6-8-12(19-3)13(10)22-15(17)11(14)9-16/h6-8,14H,4-5,17H2,1-3H3. The summed E-state index contributed by atoms with van der Waals surface area (Å²) in [5, 5.41) is 9.45. The Balaban J connectivity index is 2.69. The summed E-state index contributed by atoms with van der Waals surface area (Å²) in [6, 6.07) is 7.06. The quantitative estimate of drug-likeness (QED) is 0.795. The van der Waals surface area contributed by atoms with E-state index in [9.17, 15) is 9.83 Å². The molecule has 0 spiro atoms. The van der Waals surface area contributed by atoms with Gasteiger partial charge in [0.15, 0.2) is 11.5 Å². The zero-order chi connectivity index (χ0) is 17.0. The smallest absolute Gasteiger partial charge is 0.343 e. The van der Waals surface area contributed by atoms with Crippen molar-refractivity contribution in [1.82, 2.24) is 0 Å². The number of nitrogens with two attached hydrogens (primary N) is 1. The lowest BCUT2D eigenvalue weighted by Gasteiger charge is -2.31. The van der Waals surface area contributed by atoms with Gasteiger partial charge in [-0.15, -0.1) is 0 Å². The molecule has 1 heterocycles. The Morgan fingerprint density at radius 3 is 2.52 bits per heavy atom. The van der Waals surface area contributed by atoms with Gasteiger partial charge in [-0.25, -0.2) is 0 Å². The number of benzene rings is 1. The molecule has 1 aromatic rings. The Kier molecular flexibility index (Phi) is 5.32. The number of para-hydroxylation sites is 1. The third kappa shape index (κ3) is 3.06. The molecular formula is C15H19N2O5P. The van der Waals surface area contributed by atoms with Crippen LogP contribution in [0.2, 0.25) is 0 Å². The minimum Gasteiger partial charge on any atom is -0.493 e. The fraction of sp³-hybridized carbons (Fsp3) is 0.400. The van der Waals surface area contributed by atoms with Crippen molar-refractivity contribution in [2.24, 2.45) is 5.73 Å². The molecule has 0 saturated carbocycles. The molecule has 2 rings (SSSR count). The minimum atomic E-state index is -3.66. The van der Waals surface area contributed by atoms with Crippen LogP contribution in [0.25, 0.3) is 0 Å². The normalized spacial score (nSPS) is 17.2. The monoisotopic (exact) mass is 338 g/mol. The molecule has 0 aliphatic carbocycles. The van der Waals surface area contributed by atoms with Crippen LogP contribution in [-0.4, -0.2) is 20.3 Å². The van der Waals surface area contributed by atoms with Gasteiger partial charge in [0.2, 0.25) is 5.88 Å². The van der Waals surface area contributed by atoms with E-state index < -0.39 is 13.3 Å². The van der Waals surface area contributed by atoms with Crippen molar-refractivity contribution in [3.63, 3.8) is 0 Å². The van der Waals surface area contributed by atoms with E-state index in [2.05, 4.69) is 0 Å². The molecule has 1 aliphatic rings. The van der Waals surface area contributed by atoms with E-state index in [0.29, 0.717) is 17.1 Å². The van der Waals surface area contributed by atoms with Gasteiger partial charge in [-0.2, -0.15) is 5.26 Å². The molecular weight excluding hydrogens is 319 g/mol. The third-order valence-electron chi connectivity index (χ3n) is 3.33. The minimum absolute atomic E-state index is 0.0241. The van der Waals surface area contributed by atoms with Crippen LogP contribution < -0.4 is 15.2 Å². The number of hydrogen-bond acceptors (Lipinski definition) is 7. The number of methoxy groups -OCH3 is 1. The first-order valence-corrected chi connectivity index (χ1v) is 8.76. The van der Waals surface area contributed by atoms with E-state index in [0.717, 1.165) is 0 Å².